The summed E-state index contributed by atoms with van der Waals surface area (Å²) < 4.78 is 37.0. The predicted molar refractivity (Wildman–Crippen MR) is 78.8 cm³/mol. The highest BCUT2D eigenvalue weighted by atomic mass is 19.1. The second-order valence-electron chi connectivity index (χ2n) is 4.56. The van der Waals surface area contributed by atoms with Crippen molar-refractivity contribution in [3.05, 3.63) is 42.0 Å². The van der Waals surface area contributed by atoms with Crippen LogP contribution in [0.2, 0.25) is 0 Å². The average molecular weight is 305 g/mol. The number of ether oxygens (including phenoxy) is 2. The van der Waals surface area contributed by atoms with Gasteiger partial charge in [-0.2, -0.15) is 0 Å². The molecular formula is C15H13F2N3O2. The number of imidazole rings is 1. The fourth-order valence-corrected chi connectivity index (χ4v) is 2.11. The molecule has 7 heteroatoms. The van der Waals surface area contributed by atoms with Gasteiger partial charge in [0.05, 0.1) is 30.9 Å². The molecule has 0 bridgehead atoms. The van der Waals surface area contributed by atoms with Crippen molar-refractivity contribution in [1.82, 2.24) is 9.97 Å². The van der Waals surface area contributed by atoms with E-state index in [1.54, 1.807) is 12.1 Å². The molecule has 3 rings (SSSR count). The number of hydrogen-bond donors (Lipinski definition) is 2. The number of anilines is 2. The van der Waals surface area contributed by atoms with E-state index < -0.39 is 11.6 Å². The van der Waals surface area contributed by atoms with Gasteiger partial charge < -0.3 is 19.8 Å². The van der Waals surface area contributed by atoms with Crippen LogP contribution in [0.5, 0.6) is 11.5 Å². The third-order valence-corrected chi connectivity index (χ3v) is 3.17. The molecule has 0 unspecified atom stereocenters. The summed E-state index contributed by atoms with van der Waals surface area (Å²) in [4.78, 5) is 7.29. The Morgan fingerprint density at radius 2 is 1.77 bits per heavy atom. The highest BCUT2D eigenvalue weighted by Gasteiger charge is 2.11. The molecule has 0 aliphatic rings. The van der Waals surface area contributed by atoms with Crippen LogP contribution in [0.25, 0.3) is 11.0 Å². The van der Waals surface area contributed by atoms with E-state index in [0.717, 1.165) is 6.07 Å². The Labute approximate surface area is 124 Å². The fourth-order valence-electron chi connectivity index (χ4n) is 2.11. The molecule has 0 amide bonds. The molecular weight excluding hydrogens is 292 g/mol. The molecule has 22 heavy (non-hydrogen) atoms. The monoisotopic (exact) mass is 305 g/mol. The molecule has 0 spiro atoms. The zero-order valence-electron chi connectivity index (χ0n) is 11.9. The van der Waals surface area contributed by atoms with Crippen molar-refractivity contribution in [3.8, 4) is 11.5 Å². The first kappa shape index (κ1) is 14.1. The third-order valence-electron chi connectivity index (χ3n) is 3.17. The summed E-state index contributed by atoms with van der Waals surface area (Å²) in [7, 11) is 3.07. The van der Waals surface area contributed by atoms with Crippen LogP contribution in [0.1, 0.15) is 0 Å². The van der Waals surface area contributed by atoms with Crippen molar-refractivity contribution in [2.45, 2.75) is 0 Å². The number of halogens is 2. The zero-order chi connectivity index (χ0) is 15.7. The molecule has 0 radical (unpaired) electrons. The number of nitrogens with zero attached hydrogens (tertiary/aromatic N) is 1. The summed E-state index contributed by atoms with van der Waals surface area (Å²) in [6, 6.07) is 6.71. The Kier molecular flexibility index (Phi) is 3.54. The molecule has 2 aromatic carbocycles. The molecule has 0 saturated carbocycles. The standard InChI is InChI=1S/C15H13F2N3O2/c1-21-13-6-11-12(7-14(13)22-2)20-15(19-11)18-10-4-3-8(16)5-9(10)17/h3-7H,1-2H3,(H2,18,19,20). The van der Waals surface area contributed by atoms with Gasteiger partial charge in [-0.1, -0.05) is 0 Å². The predicted octanol–water partition coefficient (Wildman–Crippen LogP) is 3.60. The molecule has 0 aliphatic carbocycles. The molecule has 0 fully saturated rings. The van der Waals surface area contributed by atoms with Crippen molar-refractivity contribution in [3.63, 3.8) is 0 Å². The van der Waals surface area contributed by atoms with Crippen molar-refractivity contribution < 1.29 is 18.3 Å². The van der Waals surface area contributed by atoms with E-state index in [1.807, 2.05) is 0 Å². The van der Waals surface area contributed by atoms with E-state index in [9.17, 15) is 8.78 Å². The highest BCUT2D eigenvalue weighted by Crippen LogP contribution is 2.32. The Hall–Kier alpha value is -2.83. The second-order valence-corrected chi connectivity index (χ2v) is 4.56. The van der Waals surface area contributed by atoms with Gasteiger partial charge in [0.2, 0.25) is 5.95 Å². The normalized spacial score (nSPS) is 10.7. The number of fused-ring (bicyclic) bond motifs is 1. The second kappa shape index (κ2) is 5.51. The minimum Gasteiger partial charge on any atom is -0.493 e. The number of benzene rings is 2. The van der Waals surface area contributed by atoms with E-state index in [2.05, 4.69) is 15.3 Å². The molecule has 2 N–H and O–H groups in total. The summed E-state index contributed by atoms with van der Waals surface area (Å²) in [5, 5.41) is 2.77. The van der Waals surface area contributed by atoms with E-state index in [-0.39, 0.29) is 5.69 Å². The summed E-state index contributed by atoms with van der Waals surface area (Å²) in [5.74, 6) is 0.0905. The van der Waals surface area contributed by atoms with Crippen molar-refractivity contribution >= 4 is 22.7 Å². The lowest BCUT2D eigenvalue weighted by atomic mass is 10.3. The first-order valence-corrected chi connectivity index (χ1v) is 6.44. The molecule has 3 aromatic rings. The Balaban J connectivity index is 1.98. The maximum atomic E-state index is 13.6. The molecule has 0 atom stereocenters. The van der Waals surface area contributed by atoms with Crippen molar-refractivity contribution in [2.24, 2.45) is 0 Å². The minimum absolute atomic E-state index is 0.124. The number of aromatic nitrogens is 2. The van der Waals surface area contributed by atoms with Crippen molar-refractivity contribution in [2.75, 3.05) is 19.5 Å². The Bertz CT molecular complexity index is 792. The van der Waals surface area contributed by atoms with Crippen LogP contribution in [-0.4, -0.2) is 24.2 Å². The molecule has 1 heterocycles. The summed E-state index contributed by atoms with van der Waals surface area (Å²) in [6.45, 7) is 0. The molecule has 5 nitrogen and oxygen atoms in total. The van der Waals surface area contributed by atoms with Gasteiger partial charge in [0.25, 0.3) is 0 Å². The third kappa shape index (κ3) is 2.52. The first-order valence-electron chi connectivity index (χ1n) is 6.44. The van der Waals surface area contributed by atoms with Gasteiger partial charge in [0, 0.05) is 18.2 Å². The van der Waals surface area contributed by atoms with Crippen LogP contribution in [-0.2, 0) is 0 Å². The van der Waals surface area contributed by atoms with E-state index >= 15 is 0 Å². The molecule has 114 valence electrons. The van der Waals surface area contributed by atoms with Crippen LogP contribution in [0.15, 0.2) is 30.3 Å². The van der Waals surface area contributed by atoms with Crippen LogP contribution in [0.4, 0.5) is 20.4 Å². The number of aromatic amines is 1. The largest absolute Gasteiger partial charge is 0.493 e. The van der Waals surface area contributed by atoms with Crippen LogP contribution >= 0.6 is 0 Å². The van der Waals surface area contributed by atoms with Gasteiger partial charge in [0.1, 0.15) is 11.6 Å². The van der Waals surface area contributed by atoms with Gasteiger partial charge >= 0.3 is 0 Å². The van der Waals surface area contributed by atoms with Crippen LogP contribution < -0.4 is 14.8 Å². The average Bonchev–Trinajstić information content (AvgIpc) is 2.89. The topological polar surface area (TPSA) is 59.2 Å². The van der Waals surface area contributed by atoms with Gasteiger partial charge in [0.15, 0.2) is 11.5 Å². The highest BCUT2D eigenvalue weighted by molar-refractivity contribution is 5.82. The minimum atomic E-state index is -0.699. The number of H-pyrrole nitrogens is 1. The quantitative estimate of drug-likeness (QED) is 0.773. The Morgan fingerprint density at radius 3 is 2.45 bits per heavy atom. The van der Waals surface area contributed by atoms with E-state index in [4.69, 9.17) is 9.47 Å². The summed E-state index contributed by atoms with van der Waals surface area (Å²) >= 11 is 0. The number of hydrogen-bond acceptors (Lipinski definition) is 4. The molecule has 0 saturated heterocycles. The maximum Gasteiger partial charge on any atom is 0.205 e. The number of rotatable bonds is 4. The zero-order valence-corrected chi connectivity index (χ0v) is 11.9. The lowest BCUT2D eigenvalue weighted by molar-refractivity contribution is 0.356. The fraction of sp³-hybridized carbons (Fsp3) is 0.133. The lowest BCUT2D eigenvalue weighted by Gasteiger charge is -2.06. The van der Waals surface area contributed by atoms with Crippen molar-refractivity contribution in [1.29, 1.82) is 0 Å². The van der Waals surface area contributed by atoms with Gasteiger partial charge in [-0.15, -0.1) is 0 Å². The smallest absolute Gasteiger partial charge is 0.205 e. The van der Waals surface area contributed by atoms with Crippen LogP contribution in [0, 0.1) is 11.6 Å². The van der Waals surface area contributed by atoms with Gasteiger partial charge in [-0.25, -0.2) is 13.8 Å². The van der Waals surface area contributed by atoms with Gasteiger partial charge in [-0.05, 0) is 12.1 Å². The summed E-state index contributed by atoms with van der Waals surface area (Å²) in [5.41, 5.74) is 1.45. The lowest BCUT2D eigenvalue weighted by Crippen LogP contribution is -1.95. The van der Waals surface area contributed by atoms with E-state index in [1.165, 1.54) is 26.4 Å². The Morgan fingerprint density at radius 1 is 1.05 bits per heavy atom. The van der Waals surface area contributed by atoms with Gasteiger partial charge in [-0.3, -0.25) is 0 Å². The maximum absolute atomic E-state index is 13.6. The van der Waals surface area contributed by atoms with Crippen LogP contribution in [0.3, 0.4) is 0 Å². The SMILES string of the molecule is COc1cc2nc(Nc3ccc(F)cc3F)[nH]c2cc1OC. The number of nitrogens with one attached hydrogen (secondary N) is 2. The first-order chi connectivity index (χ1) is 10.6. The molecule has 0 aliphatic heterocycles. The number of methoxy groups -OCH3 is 2. The van der Waals surface area contributed by atoms with E-state index in [0.29, 0.717) is 28.5 Å². The summed E-state index contributed by atoms with van der Waals surface area (Å²) in [6.07, 6.45) is 0. The molecule has 1 aromatic heterocycles.